The lowest BCUT2D eigenvalue weighted by Gasteiger charge is -2.04. The normalized spacial score (nSPS) is 26.7. The van der Waals surface area contributed by atoms with Crippen molar-refractivity contribution in [1.82, 2.24) is 16.2 Å². The van der Waals surface area contributed by atoms with Gasteiger partial charge in [-0.25, -0.2) is 0 Å². The van der Waals surface area contributed by atoms with Crippen LogP contribution in [0.5, 0.6) is 0 Å². The van der Waals surface area contributed by atoms with Crippen molar-refractivity contribution in [1.29, 1.82) is 0 Å². The molecule has 0 aromatic heterocycles. The molecule has 3 N–H and O–H groups in total. The number of hydrogen-bond donors (Lipinski definition) is 3. The van der Waals surface area contributed by atoms with Crippen LogP contribution in [0.25, 0.3) is 0 Å². The lowest BCUT2D eigenvalue weighted by Crippen LogP contribution is -2.43. The van der Waals surface area contributed by atoms with E-state index in [1.54, 1.807) is 6.92 Å². The molecular weight excluding hydrogens is 134 g/mol. The second-order valence-corrected chi connectivity index (χ2v) is 2.14. The maximum absolute atomic E-state index is 10.8. The predicted molar refractivity (Wildman–Crippen MR) is 33.8 cm³/mol. The summed E-state index contributed by atoms with van der Waals surface area (Å²) in [5.74, 6) is -0.441. The molecule has 10 heavy (non-hydrogen) atoms. The molecule has 1 aliphatic rings. The van der Waals surface area contributed by atoms with Gasteiger partial charge in [0.15, 0.2) is 0 Å². The summed E-state index contributed by atoms with van der Waals surface area (Å²) in [6.45, 7) is 1.87. The van der Waals surface area contributed by atoms with E-state index in [1.807, 2.05) is 0 Å². The molecule has 1 atom stereocenters. The highest BCUT2D eigenvalue weighted by Gasteiger charge is 2.17. The first-order valence-electron chi connectivity index (χ1n) is 3.02. The summed E-state index contributed by atoms with van der Waals surface area (Å²) in [6, 6.07) is -0.307. The molecule has 0 saturated carbocycles. The molecule has 1 heterocycles. The van der Waals surface area contributed by atoms with Crippen LogP contribution in [-0.2, 0) is 9.59 Å². The number of amides is 2. The van der Waals surface area contributed by atoms with Crippen molar-refractivity contribution in [2.75, 3.05) is 6.54 Å². The SMILES string of the molecule is C[C@@H]1NCC(=O)NNC1=O. The molecule has 0 bridgehead atoms. The fourth-order valence-electron chi connectivity index (χ4n) is 0.622. The predicted octanol–water partition coefficient (Wildman–Crippen LogP) is -1.87. The Balaban J connectivity index is 2.54. The van der Waals surface area contributed by atoms with E-state index in [0.29, 0.717) is 0 Å². The first kappa shape index (κ1) is 7.01. The van der Waals surface area contributed by atoms with Crippen LogP contribution < -0.4 is 16.2 Å². The van der Waals surface area contributed by atoms with Gasteiger partial charge in [0.2, 0.25) is 0 Å². The highest BCUT2D eigenvalue weighted by Crippen LogP contribution is 1.82. The Labute approximate surface area is 58.1 Å². The van der Waals surface area contributed by atoms with Crippen LogP contribution in [0.4, 0.5) is 0 Å². The minimum absolute atomic E-state index is 0.180. The Morgan fingerprint density at radius 3 is 2.80 bits per heavy atom. The lowest BCUT2D eigenvalue weighted by atomic mass is 10.3. The minimum atomic E-state index is -0.307. The van der Waals surface area contributed by atoms with Gasteiger partial charge >= 0.3 is 0 Å². The van der Waals surface area contributed by atoms with E-state index < -0.39 is 0 Å². The maximum atomic E-state index is 10.8. The van der Waals surface area contributed by atoms with Crippen molar-refractivity contribution in [3.05, 3.63) is 0 Å². The van der Waals surface area contributed by atoms with Gasteiger partial charge in [0.05, 0.1) is 12.6 Å². The molecule has 1 aliphatic heterocycles. The van der Waals surface area contributed by atoms with Crippen molar-refractivity contribution in [3.63, 3.8) is 0 Å². The van der Waals surface area contributed by atoms with Crippen LogP contribution in [0.1, 0.15) is 6.92 Å². The summed E-state index contributed by atoms with van der Waals surface area (Å²) in [6.07, 6.45) is 0. The van der Waals surface area contributed by atoms with Crippen molar-refractivity contribution < 1.29 is 9.59 Å². The van der Waals surface area contributed by atoms with Gasteiger partial charge in [-0.3, -0.25) is 25.8 Å². The van der Waals surface area contributed by atoms with E-state index in [9.17, 15) is 9.59 Å². The Kier molecular flexibility index (Phi) is 1.86. The van der Waals surface area contributed by atoms with Crippen molar-refractivity contribution in [2.45, 2.75) is 13.0 Å². The molecule has 5 heteroatoms. The second-order valence-electron chi connectivity index (χ2n) is 2.14. The van der Waals surface area contributed by atoms with E-state index in [1.165, 1.54) is 0 Å². The molecule has 5 nitrogen and oxygen atoms in total. The third-order valence-corrected chi connectivity index (χ3v) is 1.29. The molecule has 56 valence electrons. The van der Waals surface area contributed by atoms with Gasteiger partial charge in [0.1, 0.15) is 0 Å². The summed E-state index contributed by atoms with van der Waals surface area (Å²) in [4.78, 5) is 21.4. The average Bonchev–Trinajstić information content (AvgIpc) is 2.04. The zero-order chi connectivity index (χ0) is 7.56. The number of carbonyl (C=O) groups is 2. The van der Waals surface area contributed by atoms with Gasteiger partial charge < -0.3 is 0 Å². The van der Waals surface area contributed by atoms with Gasteiger partial charge in [-0.1, -0.05) is 0 Å². The number of rotatable bonds is 0. The van der Waals surface area contributed by atoms with Gasteiger partial charge in [0.25, 0.3) is 11.8 Å². The van der Waals surface area contributed by atoms with Gasteiger partial charge in [-0.05, 0) is 6.92 Å². The lowest BCUT2D eigenvalue weighted by molar-refractivity contribution is -0.126. The topological polar surface area (TPSA) is 70.2 Å². The fraction of sp³-hybridized carbons (Fsp3) is 0.600. The van der Waals surface area contributed by atoms with E-state index in [0.717, 1.165) is 0 Å². The Hall–Kier alpha value is -1.10. The molecule has 1 saturated heterocycles. The molecule has 0 aromatic carbocycles. The number of carbonyl (C=O) groups excluding carboxylic acids is 2. The monoisotopic (exact) mass is 143 g/mol. The molecule has 0 aliphatic carbocycles. The Morgan fingerprint density at radius 2 is 2.10 bits per heavy atom. The number of hydrazine groups is 1. The van der Waals surface area contributed by atoms with Crippen LogP contribution in [-0.4, -0.2) is 24.4 Å². The molecule has 1 fully saturated rings. The molecule has 0 unspecified atom stereocenters. The Bertz CT molecular complexity index is 168. The van der Waals surface area contributed by atoms with Crippen LogP contribution >= 0.6 is 0 Å². The summed E-state index contributed by atoms with van der Waals surface area (Å²) in [5.41, 5.74) is 4.47. The highest BCUT2D eigenvalue weighted by atomic mass is 16.2. The smallest absolute Gasteiger partial charge is 0.255 e. The van der Waals surface area contributed by atoms with Gasteiger partial charge in [-0.15, -0.1) is 0 Å². The van der Waals surface area contributed by atoms with E-state index in [-0.39, 0.29) is 24.4 Å². The summed E-state index contributed by atoms with van der Waals surface area (Å²) in [5, 5.41) is 2.72. The quantitative estimate of drug-likeness (QED) is 0.372. The second kappa shape index (κ2) is 2.66. The van der Waals surface area contributed by atoms with E-state index >= 15 is 0 Å². The molecule has 0 aromatic rings. The first-order chi connectivity index (χ1) is 4.70. The van der Waals surface area contributed by atoms with Crippen LogP contribution in [0.15, 0.2) is 0 Å². The fourth-order valence-corrected chi connectivity index (χ4v) is 0.622. The van der Waals surface area contributed by atoms with Crippen molar-refractivity contribution in [2.24, 2.45) is 0 Å². The molecule has 0 radical (unpaired) electrons. The molecule has 0 spiro atoms. The number of nitrogens with one attached hydrogen (secondary N) is 3. The largest absolute Gasteiger partial charge is 0.297 e. The minimum Gasteiger partial charge on any atom is -0.297 e. The molecule has 2 amide bonds. The third-order valence-electron chi connectivity index (χ3n) is 1.29. The molecule has 1 rings (SSSR count). The van der Waals surface area contributed by atoms with E-state index in [4.69, 9.17) is 0 Å². The zero-order valence-corrected chi connectivity index (χ0v) is 5.60. The zero-order valence-electron chi connectivity index (χ0n) is 5.60. The number of hydrogen-bond acceptors (Lipinski definition) is 3. The van der Waals surface area contributed by atoms with Crippen LogP contribution in [0.2, 0.25) is 0 Å². The maximum Gasteiger partial charge on any atom is 0.255 e. The first-order valence-corrected chi connectivity index (χ1v) is 3.02. The highest BCUT2D eigenvalue weighted by molar-refractivity contribution is 5.88. The third kappa shape index (κ3) is 1.44. The summed E-state index contributed by atoms with van der Waals surface area (Å²) < 4.78 is 0. The van der Waals surface area contributed by atoms with Crippen LogP contribution in [0.3, 0.4) is 0 Å². The van der Waals surface area contributed by atoms with Gasteiger partial charge in [0, 0.05) is 0 Å². The van der Waals surface area contributed by atoms with Crippen molar-refractivity contribution in [3.8, 4) is 0 Å². The van der Waals surface area contributed by atoms with E-state index in [2.05, 4.69) is 16.2 Å². The summed E-state index contributed by atoms with van der Waals surface area (Å²) in [7, 11) is 0. The average molecular weight is 143 g/mol. The van der Waals surface area contributed by atoms with Gasteiger partial charge in [-0.2, -0.15) is 0 Å². The Morgan fingerprint density at radius 1 is 1.40 bits per heavy atom. The standard InChI is InChI=1S/C5H9N3O2/c1-3-5(10)8-7-4(9)2-6-3/h3,6H,2H2,1H3,(H,7,9)(H,8,10)/t3-/m0/s1. The van der Waals surface area contributed by atoms with Crippen molar-refractivity contribution >= 4 is 11.8 Å². The molecular formula is C5H9N3O2. The summed E-state index contributed by atoms with van der Waals surface area (Å²) >= 11 is 0. The van der Waals surface area contributed by atoms with Crippen LogP contribution in [0, 0.1) is 0 Å².